The highest BCUT2D eigenvalue weighted by Crippen LogP contribution is 2.32. The number of hydrazone groups is 1. The molecule has 0 unspecified atom stereocenters. The van der Waals surface area contributed by atoms with Gasteiger partial charge in [-0.2, -0.15) is 18.3 Å². The number of esters is 1. The van der Waals surface area contributed by atoms with Gasteiger partial charge in [-0.05, 0) is 67.6 Å². The third-order valence-electron chi connectivity index (χ3n) is 5.90. The van der Waals surface area contributed by atoms with E-state index in [0.717, 1.165) is 36.0 Å². The quantitative estimate of drug-likeness (QED) is 0.0829. The van der Waals surface area contributed by atoms with E-state index in [9.17, 15) is 37.7 Å². The van der Waals surface area contributed by atoms with Crippen LogP contribution < -0.4 is 15.5 Å². The van der Waals surface area contributed by atoms with Crippen molar-refractivity contribution in [2.75, 3.05) is 5.32 Å². The van der Waals surface area contributed by atoms with E-state index in [0.29, 0.717) is 17.3 Å². The fourth-order valence-corrected chi connectivity index (χ4v) is 3.79. The smallest absolute Gasteiger partial charge is 0.415 e. The van der Waals surface area contributed by atoms with Crippen molar-refractivity contribution < 1.29 is 37.2 Å². The first-order valence-corrected chi connectivity index (χ1v) is 12.4. The predicted octanol–water partition coefficient (Wildman–Crippen LogP) is 6.16. The Morgan fingerprint density at radius 3 is 2.21 bits per heavy atom. The minimum atomic E-state index is -4.72. The van der Waals surface area contributed by atoms with Crippen molar-refractivity contribution in [1.82, 2.24) is 5.43 Å². The fourth-order valence-electron chi connectivity index (χ4n) is 3.79. The minimum absolute atomic E-state index is 0.107. The van der Waals surface area contributed by atoms with Crippen LogP contribution >= 0.6 is 0 Å². The molecule has 13 heteroatoms. The monoisotopic (exact) mass is 590 g/mol. The Morgan fingerprint density at radius 2 is 1.53 bits per heavy atom. The second-order valence-electron chi connectivity index (χ2n) is 9.02. The molecule has 4 rings (SSSR count). The molecular weight excluding hydrogens is 569 g/mol. The summed E-state index contributed by atoms with van der Waals surface area (Å²) in [6, 6.07) is 19.9. The Kier molecular flexibility index (Phi) is 8.94. The highest BCUT2D eigenvalue weighted by molar-refractivity contribution is 6.04. The van der Waals surface area contributed by atoms with E-state index in [1.54, 1.807) is 18.2 Å². The lowest BCUT2D eigenvalue weighted by atomic mass is 10.1. The van der Waals surface area contributed by atoms with Crippen LogP contribution in [-0.2, 0) is 6.18 Å². The second kappa shape index (κ2) is 12.8. The van der Waals surface area contributed by atoms with Crippen molar-refractivity contribution in [2.24, 2.45) is 5.10 Å². The highest BCUT2D eigenvalue weighted by Gasteiger charge is 2.31. The maximum Gasteiger partial charge on any atom is 0.416 e. The van der Waals surface area contributed by atoms with Crippen LogP contribution in [0.5, 0.6) is 5.75 Å². The molecule has 0 saturated carbocycles. The summed E-state index contributed by atoms with van der Waals surface area (Å²) in [5.74, 6) is -2.84. The summed E-state index contributed by atoms with van der Waals surface area (Å²) in [6.07, 6.45) is -3.74. The number of aryl methyl sites for hydroxylation is 1. The molecule has 0 fully saturated rings. The molecule has 43 heavy (non-hydrogen) atoms. The number of carbonyl (C=O) groups is 3. The number of para-hydroxylation sites is 1. The topological polar surface area (TPSA) is 140 Å². The molecule has 0 heterocycles. The van der Waals surface area contributed by atoms with Gasteiger partial charge in [-0.1, -0.05) is 29.8 Å². The predicted molar refractivity (Wildman–Crippen MR) is 150 cm³/mol. The summed E-state index contributed by atoms with van der Waals surface area (Å²) in [5, 5.41) is 18.0. The van der Waals surface area contributed by atoms with Crippen LogP contribution in [0.1, 0.15) is 47.8 Å². The molecule has 0 atom stereocenters. The van der Waals surface area contributed by atoms with E-state index in [4.69, 9.17) is 4.74 Å². The fraction of sp³-hybridized carbons (Fsp3) is 0.0667. The number of anilines is 1. The van der Waals surface area contributed by atoms with Crippen LogP contribution in [-0.4, -0.2) is 28.9 Å². The SMILES string of the molecule is Cc1cccc(C(=O)Nc2ccc(C(=O)N/N=C/c3cccc([N+](=O)[O-])c3OC(=O)c3cccc(C(F)(F)F)c3)cc2)c1. The Bertz CT molecular complexity index is 1740. The number of amides is 2. The molecule has 218 valence electrons. The summed E-state index contributed by atoms with van der Waals surface area (Å²) >= 11 is 0. The van der Waals surface area contributed by atoms with Crippen molar-refractivity contribution in [1.29, 1.82) is 0 Å². The molecule has 0 aliphatic heterocycles. The van der Waals surface area contributed by atoms with Gasteiger partial charge in [0.1, 0.15) is 0 Å². The first kappa shape index (κ1) is 30.1. The molecule has 10 nitrogen and oxygen atoms in total. The van der Waals surface area contributed by atoms with Crippen LogP contribution in [0.4, 0.5) is 24.5 Å². The third kappa shape index (κ3) is 7.67. The number of carbonyl (C=O) groups excluding carboxylic acids is 3. The van der Waals surface area contributed by atoms with Crippen LogP contribution in [0.15, 0.2) is 96.1 Å². The van der Waals surface area contributed by atoms with Gasteiger partial charge in [-0.25, -0.2) is 10.2 Å². The molecule has 2 amide bonds. The van der Waals surface area contributed by atoms with E-state index in [-0.39, 0.29) is 17.0 Å². The van der Waals surface area contributed by atoms with Crippen molar-refractivity contribution in [3.05, 3.63) is 134 Å². The standard InChI is InChI=1S/C30H21F3N4O6/c1-18-5-2-6-20(15-18)27(38)35-24-13-11-19(12-14-24)28(39)36-34-17-22-8-4-10-25(37(41)42)26(22)43-29(40)21-7-3-9-23(16-21)30(31,32)33/h2-17H,1H3,(H,35,38)(H,36,39)/b34-17+. The Hall–Kier alpha value is -5.85. The number of nitro groups is 1. The van der Waals surface area contributed by atoms with Gasteiger partial charge in [-0.3, -0.25) is 19.7 Å². The lowest BCUT2D eigenvalue weighted by Crippen LogP contribution is -2.18. The molecule has 0 aliphatic carbocycles. The van der Waals surface area contributed by atoms with E-state index in [1.807, 2.05) is 13.0 Å². The summed E-state index contributed by atoms with van der Waals surface area (Å²) in [7, 11) is 0. The molecular formula is C30H21F3N4O6. The van der Waals surface area contributed by atoms with Crippen molar-refractivity contribution in [3.63, 3.8) is 0 Å². The zero-order chi connectivity index (χ0) is 31.1. The number of ether oxygens (including phenoxy) is 1. The van der Waals surface area contributed by atoms with Gasteiger partial charge in [0.2, 0.25) is 5.75 Å². The van der Waals surface area contributed by atoms with Crippen LogP contribution in [0, 0.1) is 17.0 Å². The number of nitrogens with one attached hydrogen (secondary N) is 2. The lowest BCUT2D eigenvalue weighted by molar-refractivity contribution is -0.385. The van der Waals surface area contributed by atoms with Gasteiger partial charge in [0.25, 0.3) is 11.8 Å². The van der Waals surface area contributed by atoms with E-state index in [2.05, 4.69) is 15.8 Å². The van der Waals surface area contributed by atoms with Gasteiger partial charge >= 0.3 is 17.8 Å². The number of hydrogen-bond acceptors (Lipinski definition) is 7. The molecule has 4 aromatic rings. The number of nitro benzene ring substituents is 1. The summed E-state index contributed by atoms with van der Waals surface area (Å²) < 4.78 is 44.3. The maximum absolute atomic E-state index is 13.1. The number of hydrogen-bond donors (Lipinski definition) is 2. The average molecular weight is 591 g/mol. The normalized spacial score (nSPS) is 11.2. The molecule has 0 aliphatic rings. The van der Waals surface area contributed by atoms with E-state index in [1.165, 1.54) is 36.4 Å². The Labute approximate surface area is 242 Å². The first-order valence-electron chi connectivity index (χ1n) is 12.4. The van der Waals surface area contributed by atoms with Crippen LogP contribution in [0.2, 0.25) is 0 Å². The molecule has 0 radical (unpaired) electrons. The molecule has 0 aromatic heterocycles. The van der Waals surface area contributed by atoms with Gasteiger partial charge in [-0.15, -0.1) is 0 Å². The number of nitrogens with zero attached hydrogens (tertiary/aromatic N) is 2. The average Bonchev–Trinajstić information content (AvgIpc) is 2.97. The second-order valence-corrected chi connectivity index (χ2v) is 9.02. The van der Waals surface area contributed by atoms with Crippen molar-refractivity contribution in [2.45, 2.75) is 13.1 Å². The van der Waals surface area contributed by atoms with Crippen molar-refractivity contribution in [3.8, 4) is 5.75 Å². The minimum Gasteiger partial charge on any atom is -0.415 e. The number of rotatable bonds is 8. The number of benzene rings is 4. The summed E-state index contributed by atoms with van der Waals surface area (Å²) in [4.78, 5) is 48.3. The van der Waals surface area contributed by atoms with Gasteiger partial charge in [0.15, 0.2) is 0 Å². The van der Waals surface area contributed by atoms with E-state index >= 15 is 0 Å². The number of alkyl halides is 3. The van der Waals surface area contributed by atoms with Gasteiger partial charge < -0.3 is 10.1 Å². The first-order chi connectivity index (χ1) is 20.4. The van der Waals surface area contributed by atoms with Gasteiger partial charge in [0.05, 0.1) is 22.3 Å². The van der Waals surface area contributed by atoms with Crippen LogP contribution in [0.25, 0.3) is 0 Å². The molecule has 0 spiro atoms. The Balaban J connectivity index is 1.46. The molecule has 4 aromatic carbocycles. The zero-order valence-corrected chi connectivity index (χ0v) is 22.2. The highest BCUT2D eigenvalue weighted by atomic mass is 19.4. The Morgan fingerprint density at radius 1 is 0.860 bits per heavy atom. The van der Waals surface area contributed by atoms with E-state index < -0.39 is 45.5 Å². The largest absolute Gasteiger partial charge is 0.416 e. The van der Waals surface area contributed by atoms with Gasteiger partial charge in [0, 0.05) is 28.4 Å². The summed E-state index contributed by atoms with van der Waals surface area (Å²) in [6.45, 7) is 1.86. The maximum atomic E-state index is 13.1. The third-order valence-corrected chi connectivity index (χ3v) is 5.90. The summed E-state index contributed by atoms with van der Waals surface area (Å²) in [5.41, 5.74) is 1.89. The van der Waals surface area contributed by atoms with Crippen LogP contribution in [0.3, 0.4) is 0 Å². The number of halogens is 3. The molecule has 0 saturated heterocycles. The zero-order valence-electron chi connectivity index (χ0n) is 22.2. The lowest BCUT2D eigenvalue weighted by Gasteiger charge is -2.10. The van der Waals surface area contributed by atoms with Crippen molar-refractivity contribution >= 4 is 35.4 Å². The molecule has 0 bridgehead atoms. The molecule has 2 N–H and O–H groups in total.